The van der Waals surface area contributed by atoms with Crippen molar-refractivity contribution in [2.75, 3.05) is 6.61 Å². The zero-order valence-corrected chi connectivity index (χ0v) is 15.4. The van der Waals surface area contributed by atoms with E-state index in [1.165, 1.54) is 19.9 Å². The first kappa shape index (κ1) is 21.4. The molecule has 3 rings (SSSR count). The van der Waals surface area contributed by atoms with Gasteiger partial charge in [0.1, 0.15) is 35.6 Å². The molecule has 2 aliphatic heterocycles. The van der Waals surface area contributed by atoms with E-state index in [9.17, 15) is 35.4 Å². The van der Waals surface area contributed by atoms with Gasteiger partial charge in [-0.15, -0.1) is 0 Å². The van der Waals surface area contributed by atoms with E-state index in [1.807, 2.05) is 0 Å². The van der Waals surface area contributed by atoms with Gasteiger partial charge in [0, 0.05) is 13.3 Å². The molecule has 0 amide bonds. The van der Waals surface area contributed by atoms with Crippen LogP contribution < -0.4 is 0 Å². The molecule has 2 heterocycles. The molecule has 1 aliphatic carbocycles. The van der Waals surface area contributed by atoms with Gasteiger partial charge in [0.15, 0.2) is 6.29 Å². The SMILES string of the molecule is CC(=O)O[C@@]1(C)C[C@@H](O)[C@]2(O)C=CO[C@H](O[C@H]3O[C@@H](CO)[C@H](O)[C@H](O)[C@@H]3O)[C@@H]21. The van der Waals surface area contributed by atoms with Crippen LogP contribution in [0.15, 0.2) is 12.3 Å². The topological polar surface area (TPSA) is 175 Å². The Kier molecular flexibility index (Phi) is 5.73. The Labute approximate surface area is 160 Å². The lowest BCUT2D eigenvalue weighted by atomic mass is 9.81. The third-order valence-electron chi connectivity index (χ3n) is 5.60. The fourth-order valence-electron chi connectivity index (χ4n) is 4.25. The number of carbonyl (C=O) groups excluding carboxylic acids is 1. The lowest BCUT2D eigenvalue weighted by Gasteiger charge is -2.45. The monoisotopic (exact) mass is 406 g/mol. The Bertz CT molecular complexity index is 624. The molecule has 10 atom stereocenters. The van der Waals surface area contributed by atoms with Gasteiger partial charge in [-0.2, -0.15) is 0 Å². The first-order valence-corrected chi connectivity index (χ1v) is 8.92. The van der Waals surface area contributed by atoms with Gasteiger partial charge < -0.3 is 49.6 Å². The summed E-state index contributed by atoms with van der Waals surface area (Å²) in [5, 5.41) is 60.6. The second-order valence-corrected chi connectivity index (χ2v) is 7.63. The van der Waals surface area contributed by atoms with Crippen LogP contribution in [0.3, 0.4) is 0 Å². The molecular formula is C17H26O11. The third kappa shape index (κ3) is 3.42. The normalized spacial score (nSPS) is 50.7. The minimum absolute atomic E-state index is 0.101. The van der Waals surface area contributed by atoms with Gasteiger partial charge in [-0.25, -0.2) is 0 Å². The molecule has 3 aliphatic rings. The second-order valence-electron chi connectivity index (χ2n) is 7.63. The van der Waals surface area contributed by atoms with E-state index in [0.29, 0.717) is 0 Å². The first-order chi connectivity index (χ1) is 13.0. The van der Waals surface area contributed by atoms with E-state index in [2.05, 4.69) is 0 Å². The summed E-state index contributed by atoms with van der Waals surface area (Å²) in [6.07, 6.45) is -8.06. The molecular weight excluding hydrogens is 380 g/mol. The molecule has 28 heavy (non-hydrogen) atoms. The highest BCUT2D eigenvalue weighted by atomic mass is 16.8. The van der Waals surface area contributed by atoms with Gasteiger partial charge in [-0.05, 0) is 13.0 Å². The lowest BCUT2D eigenvalue weighted by Crippen LogP contribution is -2.62. The van der Waals surface area contributed by atoms with Crippen LogP contribution in [0, 0.1) is 5.92 Å². The maximum atomic E-state index is 11.6. The Morgan fingerprint density at radius 3 is 2.46 bits per heavy atom. The summed E-state index contributed by atoms with van der Waals surface area (Å²) < 4.78 is 21.7. The number of hydrogen-bond acceptors (Lipinski definition) is 11. The molecule has 0 aromatic rings. The van der Waals surface area contributed by atoms with Gasteiger partial charge in [-0.1, -0.05) is 0 Å². The zero-order valence-electron chi connectivity index (χ0n) is 15.4. The molecule has 160 valence electrons. The van der Waals surface area contributed by atoms with Gasteiger partial charge in [0.25, 0.3) is 0 Å². The van der Waals surface area contributed by atoms with Crippen molar-refractivity contribution in [2.24, 2.45) is 5.92 Å². The van der Waals surface area contributed by atoms with E-state index < -0.39 is 72.8 Å². The van der Waals surface area contributed by atoms with E-state index in [0.717, 1.165) is 6.26 Å². The molecule has 1 saturated heterocycles. The summed E-state index contributed by atoms with van der Waals surface area (Å²) in [5.74, 6) is -1.74. The van der Waals surface area contributed by atoms with E-state index in [4.69, 9.17) is 18.9 Å². The predicted octanol–water partition coefficient (Wildman–Crippen LogP) is -2.89. The molecule has 0 bridgehead atoms. The van der Waals surface area contributed by atoms with E-state index >= 15 is 0 Å². The first-order valence-electron chi connectivity index (χ1n) is 8.92. The number of ether oxygens (including phenoxy) is 4. The van der Waals surface area contributed by atoms with Crippen LogP contribution in [0.1, 0.15) is 20.3 Å². The van der Waals surface area contributed by atoms with Crippen LogP contribution in [0.5, 0.6) is 0 Å². The number of carbonyl (C=O) groups is 1. The third-order valence-corrected chi connectivity index (χ3v) is 5.60. The van der Waals surface area contributed by atoms with E-state index in [1.54, 1.807) is 0 Å². The number of rotatable bonds is 4. The number of esters is 1. The number of aliphatic hydroxyl groups excluding tert-OH is 5. The van der Waals surface area contributed by atoms with Crippen LogP contribution in [0.2, 0.25) is 0 Å². The summed E-state index contributed by atoms with van der Waals surface area (Å²) in [5.41, 5.74) is -3.22. The molecule has 0 spiro atoms. The average Bonchev–Trinajstić information content (AvgIpc) is 2.81. The quantitative estimate of drug-likeness (QED) is 0.264. The molecule has 0 radical (unpaired) electrons. The fraction of sp³-hybridized carbons (Fsp3) is 0.824. The summed E-state index contributed by atoms with van der Waals surface area (Å²) in [6, 6.07) is 0. The maximum absolute atomic E-state index is 11.6. The standard InChI is InChI=1S/C17H26O11/c1-7(19)28-16(2)5-9(20)17(24)3-4-25-15(13(16)17)27-14-12(23)11(22)10(21)8(6-18)26-14/h3-4,8-15,18,20-24H,5-6H2,1-2H3/t8-,9+,10-,11-,12-,13+,14+,15+,16-,17+/m0/s1. The molecule has 0 unspecified atom stereocenters. The fourth-order valence-corrected chi connectivity index (χ4v) is 4.25. The highest BCUT2D eigenvalue weighted by Gasteiger charge is 2.66. The lowest BCUT2D eigenvalue weighted by molar-refractivity contribution is -0.351. The van der Waals surface area contributed by atoms with Gasteiger partial charge in [0.05, 0.1) is 24.9 Å². The van der Waals surface area contributed by atoms with E-state index in [-0.39, 0.29) is 6.42 Å². The van der Waals surface area contributed by atoms with Crippen molar-refractivity contribution in [3.8, 4) is 0 Å². The molecule has 6 N–H and O–H groups in total. The Hall–Kier alpha value is -1.31. The number of aliphatic hydroxyl groups is 6. The van der Waals surface area contributed by atoms with Crippen molar-refractivity contribution in [1.29, 1.82) is 0 Å². The van der Waals surface area contributed by atoms with Crippen LogP contribution in [0.4, 0.5) is 0 Å². The highest BCUT2D eigenvalue weighted by Crippen LogP contribution is 2.51. The van der Waals surface area contributed by atoms with Crippen LogP contribution >= 0.6 is 0 Å². The molecule has 0 aromatic carbocycles. The zero-order chi connectivity index (χ0) is 20.9. The molecule has 11 nitrogen and oxygen atoms in total. The molecule has 0 aromatic heterocycles. The van der Waals surface area contributed by atoms with Crippen LogP contribution in [0.25, 0.3) is 0 Å². The molecule has 1 saturated carbocycles. The minimum atomic E-state index is -1.85. The Morgan fingerprint density at radius 2 is 1.86 bits per heavy atom. The summed E-state index contributed by atoms with van der Waals surface area (Å²) in [7, 11) is 0. The van der Waals surface area contributed by atoms with Gasteiger partial charge in [0.2, 0.25) is 6.29 Å². The summed E-state index contributed by atoms with van der Waals surface area (Å²) >= 11 is 0. The number of hydrogen-bond donors (Lipinski definition) is 6. The highest BCUT2D eigenvalue weighted by molar-refractivity contribution is 5.66. The van der Waals surface area contributed by atoms with Crippen molar-refractivity contribution in [3.63, 3.8) is 0 Å². The number of fused-ring (bicyclic) bond motifs is 1. The van der Waals surface area contributed by atoms with Crippen molar-refractivity contribution in [1.82, 2.24) is 0 Å². The minimum Gasteiger partial charge on any atom is -0.472 e. The summed E-state index contributed by atoms with van der Waals surface area (Å²) in [4.78, 5) is 11.6. The van der Waals surface area contributed by atoms with Gasteiger partial charge >= 0.3 is 5.97 Å². The molecule has 11 heteroatoms. The van der Waals surface area contributed by atoms with Crippen LogP contribution in [-0.4, -0.2) is 97.5 Å². The second kappa shape index (κ2) is 7.50. The Morgan fingerprint density at radius 1 is 1.18 bits per heavy atom. The smallest absolute Gasteiger partial charge is 0.303 e. The largest absolute Gasteiger partial charge is 0.472 e. The van der Waals surface area contributed by atoms with Crippen molar-refractivity contribution >= 4 is 5.97 Å². The Balaban J connectivity index is 1.87. The van der Waals surface area contributed by atoms with Gasteiger partial charge in [-0.3, -0.25) is 4.79 Å². The predicted molar refractivity (Wildman–Crippen MR) is 88.1 cm³/mol. The van der Waals surface area contributed by atoms with Crippen molar-refractivity contribution in [2.45, 2.75) is 74.6 Å². The van der Waals surface area contributed by atoms with Crippen LogP contribution in [-0.2, 0) is 23.7 Å². The van der Waals surface area contributed by atoms with Crippen molar-refractivity contribution < 1.29 is 54.4 Å². The van der Waals surface area contributed by atoms with Crippen molar-refractivity contribution in [3.05, 3.63) is 12.3 Å². The maximum Gasteiger partial charge on any atom is 0.303 e. The average molecular weight is 406 g/mol. The molecule has 2 fully saturated rings. The summed E-state index contributed by atoms with van der Waals surface area (Å²) in [6.45, 7) is 2.04.